The minimum atomic E-state index is -0.315. The van der Waals surface area contributed by atoms with Crippen molar-refractivity contribution in [3.63, 3.8) is 0 Å². The molecule has 0 aliphatic heterocycles. The van der Waals surface area contributed by atoms with Crippen molar-refractivity contribution in [2.24, 2.45) is 0 Å². The van der Waals surface area contributed by atoms with Crippen molar-refractivity contribution in [3.8, 4) is 0 Å². The maximum Gasteiger partial charge on any atom is 0.331 e. The molecule has 46 valence electrons. The summed E-state index contributed by atoms with van der Waals surface area (Å²) in [5.74, 6) is -0.315. The lowest BCUT2D eigenvalue weighted by Crippen LogP contribution is -1.96. The van der Waals surface area contributed by atoms with Gasteiger partial charge in [-0.15, -0.1) is 0 Å². The molecule has 0 aliphatic carbocycles. The molecule has 0 bridgehead atoms. The minimum absolute atomic E-state index is 0.260. The molecule has 0 N–H and O–H groups in total. The van der Waals surface area contributed by atoms with E-state index in [0.717, 1.165) is 0 Å². The van der Waals surface area contributed by atoms with Crippen molar-refractivity contribution in [3.05, 3.63) is 12.2 Å². The smallest absolute Gasteiger partial charge is 0.331 e. The zero-order valence-corrected chi connectivity index (χ0v) is 6.14. The van der Waals surface area contributed by atoms with Crippen molar-refractivity contribution < 1.29 is 9.53 Å². The highest BCUT2D eigenvalue weighted by atomic mass is 79.9. The molecular weight excluding hydrogens is 172 g/mol. The van der Waals surface area contributed by atoms with E-state index in [4.69, 9.17) is 0 Å². The van der Waals surface area contributed by atoms with Gasteiger partial charge in [-0.3, -0.25) is 0 Å². The Morgan fingerprint density at radius 2 is 2.50 bits per heavy atom. The first-order valence-corrected chi connectivity index (χ1v) is 3.29. The highest BCUT2D eigenvalue weighted by molar-refractivity contribution is 9.09. The molecule has 0 aromatic carbocycles. The summed E-state index contributed by atoms with van der Waals surface area (Å²) in [5.41, 5.74) is 0.260. The van der Waals surface area contributed by atoms with E-state index in [2.05, 4.69) is 20.7 Å². The van der Waals surface area contributed by atoms with E-state index >= 15 is 0 Å². The Hall–Kier alpha value is -0.310. The Labute approximate surface area is 56.7 Å². The molecule has 0 aliphatic rings. The Balaban J connectivity index is 3.33. The van der Waals surface area contributed by atoms with E-state index in [-0.39, 0.29) is 11.5 Å². The summed E-state index contributed by atoms with van der Waals surface area (Å²) in [7, 11) is 0. The average Bonchev–Trinajstić information content (AvgIpc) is 1.68. The molecule has 0 rings (SSSR count). The number of rotatable bonds is 2. The van der Waals surface area contributed by atoms with Crippen LogP contribution in [-0.4, -0.2) is 11.5 Å². The van der Waals surface area contributed by atoms with Gasteiger partial charge in [-0.25, -0.2) is 4.79 Å². The van der Waals surface area contributed by atoms with Crippen LogP contribution in [0.3, 0.4) is 0 Å². The lowest BCUT2D eigenvalue weighted by Gasteiger charge is -1.90. The molecule has 2 nitrogen and oxygen atoms in total. The topological polar surface area (TPSA) is 26.3 Å². The fourth-order valence-electron chi connectivity index (χ4n) is 0.238. The van der Waals surface area contributed by atoms with Gasteiger partial charge in [-0.2, -0.15) is 0 Å². The number of esters is 1. The van der Waals surface area contributed by atoms with Crippen LogP contribution in [0, 0.1) is 0 Å². The molecule has 0 aromatic rings. The summed E-state index contributed by atoms with van der Waals surface area (Å²) in [4.78, 5) is 10.3. The van der Waals surface area contributed by atoms with Gasteiger partial charge in [0.1, 0.15) is 5.52 Å². The average molecular weight is 179 g/mol. The zero-order chi connectivity index (χ0) is 6.41. The van der Waals surface area contributed by atoms with Crippen LogP contribution >= 0.6 is 15.9 Å². The number of alkyl halides is 1. The van der Waals surface area contributed by atoms with E-state index in [1.165, 1.54) is 6.08 Å². The van der Waals surface area contributed by atoms with Crippen LogP contribution in [-0.2, 0) is 9.53 Å². The quantitative estimate of drug-likeness (QED) is 0.364. The molecule has 0 radical (unpaired) electrons. The standard InChI is InChI=1S/C5H7BrO2/c1-2-3-5(7)8-4-6/h2-3H,4H2,1H3/b3-2+. The van der Waals surface area contributed by atoms with Gasteiger partial charge in [0.25, 0.3) is 0 Å². The third-order valence-corrected chi connectivity index (χ3v) is 0.728. The minimum Gasteiger partial charge on any atom is -0.451 e. The van der Waals surface area contributed by atoms with Crippen LogP contribution in [0.25, 0.3) is 0 Å². The third kappa shape index (κ3) is 3.87. The van der Waals surface area contributed by atoms with Crippen LogP contribution in [0.2, 0.25) is 0 Å². The van der Waals surface area contributed by atoms with Gasteiger partial charge in [0.2, 0.25) is 0 Å². The Morgan fingerprint density at radius 1 is 1.88 bits per heavy atom. The summed E-state index contributed by atoms with van der Waals surface area (Å²) in [6.07, 6.45) is 2.99. The highest BCUT2D eigenvalue weighted by Gasteiger charge is 1.89. The monoisotopic (exact) mass is 178 g/mol. The molecule has 0 unspecified atom stereocenters. The maximum absolute atomic E-state index is 10.3. The van der Waals surface area contributed by atoms with E-state index in [0.29, 0.717) is 0 Å². The second kappa shape index (κ2) is 4.84. The summed E-state index contributed by atoms with van der Waals surface area (Å²) in [5, 5.41) is 0. The van der Waals surface area contributed by atoms with Crippen LogP contribution in [0.1, 0.15) is 6.92 Å². The van der Waals surface area contributed by atoms with Crippen LogP contribution < -0.4 is 0 Å². The molecule has 0 saturated carbocycles. The van der Waals surface area contributed by atoms with Gasteiger partial charge in [0, 0.05) is 6.08 Å². The molecule has 0 fully saturated rings. The van der Waals surface area contributed by atoms with E-state index < -0.39 is 0 Å². The molecule has 3 heteroatoms. The number of halogens is 1. The van der Waals surface area contributed by atoms with Crippen molar-refractivity contribution in [1.82, 2.24) is 0 Å². The fraction of sp³-hybridized carbons (Fsp3) is 0.400. The van der Waals surface area contributed by atoms with Gasteiger partial charge in [-0.1, -0.05) is 6.08 Å². The second-order valence-electron chi connectivity index (χ2n) is 1.07. The largest absolute Gasteiger partial charge is 0.451 e. The number of allylic oxidation sites excluding steroid dienone is 1. The number of carbonyl (C=O) groups is 1. The van der Waals surface area contributed by atoms with E-state index in [1.807, 2.05) is 0 Å². The fourth-order valence-corrected chi connectivity index (χ4v) is 0.464. The first-order chi connectivity index (χ1) is 3.81. The van der Waals surface area contributed by atoms with Crippen molar-refractivity contribution in [2.45, 2.75) is 6.92 Å². The van der Waals surface area contributed by atoms with E-state index in [9.17, 15) is 4.79 Å². The molecule has 8 heavy (non-hydrogen) atoms. The molecule has 0 aromatic heterocycles. The van der Waals surface area contributed by atoms with Gasteiger partial charge < -0.3 is 4.74 Å². The molecule has 0 atom stereocenters. The summed E-state index contributed by atoms with van der Waals surface area (Å²) in [6, 6.07) is 0. The zero-order valence-electron chi connectivity index (χ0n) is 4.56. The molecule has 0 amide bonds. The highest BCUT2D eigenvalue weighted by Crippen LogP contribution is 1.85. The Kier molecular flexibility index (Phi) is 4.65. The van der Waals surface area contributed by atoms with Gasteiger partial charge in [0.05, 0.1) is 0 Å². The predicted octanol–water partition coefficient (Wildman–Crippen LogP) is 1.46. The SMILES string of the molecule is C/C=C/C(=O)OCBr. The van der Waals surface area contributed by atoms with Gasteiger partial charge in [0.15, 0.2) is 0 Å². The summed E-state index contributed by atoms with van der Waals surface area (Å²) in [6.45, 7) is 1.76. The molecular formula is C5H7BrO2. The lowest BCUT2D eigenvalue weighted by molar-refractivity contribution is -0.135. The predicted molar refractivity (Wildman–Crippen MR) is 34.7 cm³/mol. The van der Waals surface area contributed by atoms with Crippen LogP contribution in [0.4, 0.5) is 0 Å². The molecule has 0 spiro atoms. The summed E-state index contributed by atoms with van der Waals surface area (Å²) < 4.78 is 4.47. The molecule has 0 heterocycles. The van der Waals surface area contributed by atoms with Crippen LogP contribution in [0.5, 0.6) is 0 Å². The number of carbonyl (C=O) groups excluding carboxylic acids is 1. The number of hydrogen-bond acceptors (Lipinski definition) is 2. The normalized spacial score (nSPS) is 9.75. The van der Waals surface area contributed by atoms with Crippen molar-refractivity contribution in [1.29, 1.82) is 0 Å². The van der Waals surface area contributed by atoms with Gasteiger partial charge in [-0.05, 0) is 22.9 Å². The van der Waals surface area contributed by atoms with E-state index in [1.54, 1.807) is 13.0 Å². The maximum atomic E-state index is 10.3. The Morgan fingerprint density at radius 3 is 2.88 bits per heavy atom. The third-order valence-electron chi connectivity index (χ3n) is 0.500. The second-order valence-corrected chi connectivity index (χ2v) is 1.53. The lowest BCUT2D eigenvalue weighted by atomic mass is 10.5. The van der Waals surface area contributed by atoms with Gasteiger partial charge >= 0.3 is 5.97 Å². The molecule has 0 saturated heterocycles. The van der Waals surface area contributed by atoms with Crippen molar-refractivity contribution >= 4 is 21.9 Å². The first-order valence-electron chi connectivity index (χ1n) is 2.16. The summed E-state index contributed by atoms with van der Waals surface area (Å²) >= 11 is 2.94. The number of hydrogen-bond donors (Lipinski definition) is 0. The number of ether oxygens (including phenoxy) is 1. The van der Waals surface area contributed by atoms with Crippen LogP contribution in [0.15, 0.2) is 12.2 Å². The van der Waals surface area contributed by atoms with Crippen molar-refractivity contribution in [2.75, 3.05) is 5.52 Å². The first kappa shape index (κ1) is 7.69. The Bertz CT molecular complexity index is 98.6.